The van der Waals surface area contributed by atoms with Gasteiger partial charge in [0.25, 0.3) is 5.56 Å². The van der Waals surface area contributed by atoms with E-state index < -0.39 is 0 Å². The smallest absolute Gasteiger partial charge is 0.279 e. The summed E-state index contributed by atoms with van der Waals surface area (Å²) in [5, 5.41) is 6.86. The highest BCUT2D eigenvalue weighted by atomic mass is 16.3. The third kappa shape index (κ3) is 2.50. The van der Waals surface area contributed by atoms with E-state index in [0.29, 0.717) is 22.5 Å². The van der Waals surface area contributed by atoms with Gasteiger partial charge in [0.15, 0.2) is 5.52 Å². The molecule has 0 aliphatic rings. The molecule has 8 heteroatoms. The van der Waals surface area contributed by atoms with Gasteiger partial charge in [0.1, 0.15) is 17.8 Å². The molecule has 3 aromatic rings. The summed E-state index contributed by atoms with van der Waals surface area (Å²) in [6.45, 7) is 1.96. The molecule has 0 fully saturated rings. The minimum Gasteiger partial charge on any atom is -0.467 e. The predicted molar refractivity (Wildman–Crippen MR) is 78.1 cm³/mol. The Labute approximate surface area is 125 Å². The van der Waals surface area contributed by atoms with E-state index in [1.807, 2.05) is 0 Å². The van der Waals surface area contributed by atoms with E-state index in [-0.39, 0.29) is 24.6 Å². The molecule has 0 bridgehead atoms. The average Bonchev–Trinajstić information content (AvgIpc) is 3.08. The second-order valence-corrected chi connectivity index (χ2v) is 4.94. The topological polar surface area (TPSA) is 95.0 Å². The number of aromatic nitrogens is 4. The lowest BCUT2D eigenvalue weighted by Gasteiger charge is -2.06. The molecule has 1 amide bonds. The van der Waals surface area contributed by atoms with Crippen LogP contribution in [0.1, 0.15) is 11.5 Å². The lowest BCUT2D eigenvalue weighted by atomic mass is 10.3. The van der Waals surface area contributed by atoms with Gasteiger partial charge in [0.05, 0.1) is 24.8 Å². The van der Waals surface area contributed by atoms with E-state index in [4.69, 9.17) is 4.42 Å². The molecule has 114 valence electrons. The van der Waals surface area contributed by atoms with Crippen molar-refractivity contribution in [3.05, 3.63) is 46.5 Å². The van der Waals surface area contributed by atoms with Gasteiger partial charge in [0, 0.05) is 7.05 Å². The van der Waals surface area contributed by atoms with Crippen molar-refractivity contribution in [3.8, 4) is 0 Å². The van der Waals surface area contributed by atoms with Gasteiger partial charge in [-0.1, -0.05) is 0 Å². The highest BCUT2D eigenvalue weighted by Crippen LogP contribution is 2.09. The zero-order chi connectivity index (χ0) is 15.7. The largest absolute Gasteiger partial charge is 0.467 e. The lowest BCUT2D eigenvalue weighted by molar-refractivity contribution is -0.122. The SMILES string of the molecule is Cc1nn(C)c2c(=O)n(CC(=O)NCc3ccco3)cnc12. The van der Waals surface area contributed by atoms with Crippen molar-refractivity contribution >= 4 is 16.9 Å². The van der Waals surface area contributed by atoms with Crippen LogP contribution in [0.4, 0.5) is 0 Å². The van der Waals surface area contributed by atoms with Crippen molar-refractivity contribution in [1.29, 1.82) is 0 Å². The molecule has 0 aliphatic carbocycles. The van der Waals surface area contributed by atoms with E-state index in [1.54, 1.807) is 26.1 Å². The first kappa shape index (κ1) is 14.1. The summed E-state index contributed by atoms with van der Waals surface area (Å²) >= 11 is 0. The minimum atomic E-state index is -0.293. The number of furan rings is 1. The van der Waals surface area contributed by atoms with E-state index in [1.165, 1.54) is 21.8 Å². The molecule has 22 heavy (non-hydrogen) atoms. The van der Waals surface area contributed by atoms with Gasteiger partial charge in [-0.3, -0.25) is 18.8 Å². The Kier molecular flexibility index (Phi) is 3.50. The number of hydrogen-bond acceptors (Lipinski definition) is 5. The fraction of sp³-hybridized carbons (Fsp3) is 0.286. The number of rotatable bonds is 4. The minimum absolute atomic E-state index is 0.104. The van der Waals surface area contributed by atoms with Gasteiger partial charge in [-0.15, -0.1) is 0 Å². The van der Waals surface area contributed by atoms with Crippen LogP contribution in [0.25, 0.3) is 11.0 Å². The van der Waals surface area contributed by atoms with Crippen molar-refractivity contribution < 1.29 is 9.21 Å². The van der Waals surface area contributed by atoms with Crippen LogP contribution >= 0.6 is 0 Å². The molecule has 0 saturated heterocycles. The summed E-state index contributed by atoms with van der Waals surface area (Å²) in [7, 11) is 1.68. The third-order valence-electron chi connectivity index (χ3n) is 3.33. The molecule has 0 radical (unpaired) electrons. The van der Waals surface area contributed by atoms with E-state index in [9.17, 15) is 9.59 Å². The highest BCUT2D eigenvalue weighted by molar-refractivity contribution is 5.78. The number of amides is 1. The van der Waals surface area contributed by atoms with Gasteiger partial charge in [-0.05, 0) is 19.1 Å². The normalized spacial score (nSPS) is 11.0. The highest BCUT2D eigenvalue weighted by Gasteiger charge is 2.13. The van der Waals surface area contributed by atoms with Gasteiger partial charge in [-0.2, -0.15) is 5.10 Å². The molecule has 0 aliphatic heterocycles. The molecule has 0 saturated carbocycles. The molecule has 8 nitrogen and oxygen atoms in total. The predicted octanol–water partition coefficient (Wildman–Crippen LogP) is 0.348. The van der Waals surface area contributed by atoms with Crippen LogP contribution in [0.15, 0.2) is 33.9 Å². The van der Waals surface area contributed by atoms with Gasteiger partial charge in [0.2, 0.25) is 5.91 Å². The maximum Gasteiger partial charge on any atom is 0.279 e. The Morgan fingerprint density at radius 1 is 1.45 bits per heavy atom. The Bertz CT molecular complexity index is 876. The molecular weight excluding hydrogens is 286 g/mol. The maximum absolute atomic E-state index is 12.4. The first-order valence-electron chi connectivity index (χ1n) is 6.74. The number of nitrogens with zero attached hydrogens (tertiary/aromatic N) is 4. The van der Waals surface area contributed by atoms with Crippen LogP contribution in [0.2, 0.25) is 0 Å². The molecule has 3 aromatic heterocycles. The van der Waals surface area contributed by atoms with Gasteiger partial charge in [-0.25, -0.2) is 4.98 Å². The standard InChI is InChI=1S/C14H15N5O3/c1-9-12-13(18(2)17-9)14(21)19(8-16-12)7-11(20)15-6-10-4-3-5-22-10/h3-5,8H,6-7H2,1-2H3,(H,15,20). The molecule has 3 rings (SSSR count). The molecule has 1 N–H and O–H groups in total. The van der Waals surface area contributed by atoms with Crippen LogP contribution in [-0.2, 0) is 24.9 Å². The third-order valence-corrected chi connectivity index (χ3v) is 3.33. The van der Waals surface area contributed by atoms with Crippen molar-refractivity contribution in [1.82, 2.24) is 24.6 Å². The summed E-state index contributed by atoms with van der Waals surface area (Å²) in [6, 6.07) is 3.51. The Morgan fingerprint density at radius 3 is 3.00 bits per heavy atom. The van der Waals surface area contributed by atoms with Gasteiger partial charge < -0.3 is 9.73 Å². The van der Waals surface area contributed by atoms with Crippen molar-refractivity contribution in [2.45, 2.75) is 20.0 Å². The second kappa shape index (κ2) is 5.47. The summed E-state index contributed by atoms with van der Waals surface area (Å²) < 4.78 is 7.87. The molecule has 3 heterocycles. The van der Waals surface area contributed by atoms with Crippen LogP contribution in [0.5, 0.6) is 0 Å². The average molecular weight is 301 g/mol. The summed E-state index contributed by atoms with van der Waals surface area (Å²) in [6.07, 6.45) is 2.90. The Balaban J connectivity index is 1.79. The summed E-state index contributed by atoms with van der Waals surface area (Å²) in [5.74, 6) is 0.357. The van der Waals surface area contributed by atoms with Crippen LogP contribution in [0.3, 0.4) is 0 Å². The van der Waals surface area contributed by atoms with Crippen LogP contribution < -0.4 is 10.9 Å². The first-order chi connectivity index (χ1) is 10.6. The maximum atomic E-state index is 12.4. The summed E-state index contributed by atoms with van der Waals surface area (Å²) in [4.78, 5) is 28.5. The first-order valence-corrected chi connectivity index (χ1v) is 6.74. The van der Waals surface area contributed by atoms with E-state index in [2.05, 4.69) is 15.4 Å². The number of aryl methyl sites for hydroxylation is 2. The van der Waals surface area contributed by atoms with Crippen LogP contribution in [0, 0.1) is 6.92 Å². The lowest BCUT2D eigenvalue weighted by Crippen LogP contribution is -2.32. The van der Waals surface area contributed by atoms with E-state index in [0.717, 1.165) is 0 Å². The molecule has 0 atom stereocenters. The van der Waals surface area contributed by atoms with E-state index >= 15 is 0 Å². The summed E-state index contributed by atoms with van der Waals surface area (Å²) in [5.41, 5.74) is 1.34. The molecular formula is C14H15N5O3. The quantitative estimate of drug-likeness (QED) is 0.750. The zero-order valence-electron chi connectivity index (χ0n) is 12.2. The number of carbonyl (C=O) groups excluding carboxylic acids is 1. The fourth-order valence-corrected chi connectivity index (χ4v) is 2.28. The van der Waals surface area contributed by atoms with Crippen molar-refractivity contribution in [2.75, 3.05) is 0 Å². The second-order valence-electron chi connectivity index (χ2n) is 4.94. The zero-order valence-corrected chi connectivity index (χ0v) is 12.2. The fourth-order valence-electron chi connectivity index (χ4n) is 2.28. The number of nitrogens with one attached hydrogen (secondary N) is 1. The number of carbonyl (C=O) groups is 1. The number of fused-ring (bicyclic) bond motifs is 1. The monoisotopic (exact) mass is 301 g/mol. The molecule has 0 aromatic carbocycles. The Hall–Kier alpha value is -2.90. The van der Waals surface area contributed by atoms with Crippen molar-refractivity contribution in [2.24, 2.45) is 7.05 Å². The molecule has 0 spiro atoms. The van der Waals surface area contributed by atoms with Crippen molar-refractivity contribution in [3.63, 3.8) is 0 Å². The van der Waals surface area contributed by atoms with Crippen LogP contribution in [-0.4, -0.2) is 25.2 Å². The Morgan fingerprint density at radius 2 is 2.27 bits per heavy atom. The molecule has 0 unspecified atom stereocenters. The van der Waals surface area contributed by atoms with Gasteiger partial charge >= 0.3 is 0 Å². The number of hydrogen-bond donors (Lipinski definition) is 1.